The summed E-state index contributed by atoms with van der Waals surface area (Å²) in [5, 5.41) is 0. The number of carbonyl (C=O) groups is 2. The van der Waals surface area contributed by atoms with Crippen molar-refractivity contribution in [3.8, 4) is 0 Å². The summed E-state index contributed by atoms with van der Waals surface area (Å²) < 4.78 is 9.77. The van der Waals surface area contributed by atoms with Gasteiger partial charge in [-0.15, -0.1) is 0 Å². The number of carbonyl (C=O) groups excluding carboxylic acids is 2. The van der Waals surface area contributed by atoms with E-state index >= 15 is 0 Å². The van der Waals surface area contributed by atoms with E-state index in [1.807, 2.05) is 0 Å². The fourth-order valence-corrected chi connectivity index (χ4v) is 3.32. The van der Waals surface area contributed by atoms with Crippen LogP contribution in [0.15, 0.2) is 0 Å². The van der Waals surface area contributed by atoms with Gasteiger partial charge in [0.25, 0.3) is 0 Å². The largest absolute Gasteiger partial charge is 0.469 e. The maximum Gasteiger partial charge on any atom is 0.320 e. The van der Waals surface area contributed by atoms with Crippen LogP contribution in [0.2, 0.25) is 0 Å². The zero-order valence-corrected chi connectivity index (χ0v) is 17.1. The number of thiol groups is 1. The van der Waals surface area contributed by atoms with Crippen molar-refractivity contribution in [2.75, 3.05) is 27.3 Å². The van der Waals surface area contributed by atoms with Gasteiger partial charge in [0, 0.05) is 0 Å². The van der Waals surface area contributed by atoms with Crippen molar-refractivity contribution >= 4 is 42.0 Å². The first-order chi connectivity index (χ1) is 11.4. The number of hydrogen-bond acceptors (Lipinski definition) is 6. The van der Waals surface area contributed by atoms with Crippen molar-refractivity contribution in [3.05, 3.63) is 0 Å². The molecule has 0 saturated heterocycles. The normalized spacial score (nSPS) is 12.5. The van der Waals surface area contributed by atoms with Crippen molar-refractivity contribution in [2.45, 2.75) is 58.8 Å². The van der Waals surface area contributed by atoms with Gasteiger partial charge in [-0.1, -0.05) is 26.7 Å². The second-order valence-corrected chi connectivity index (χ2v) is 7.16. The molecule has 0 amide bonds. The lowest BCUT2D eigenvalue weighted by Gasteiger charge is -2.34. The zero-order chi connectivity index (χ0) is 18.6. The Labute approximate surface area is 157 Å². The van der Waals surface area contributed by atoms with E-state index in [0.29, 0.717) is 4.99 Å². The van der Waals surface area contributed by atoms with E-state index in [9.17, 15) is 9.59 Å². The first-order valence-electron chi connectivity index (χ1n) is 8.65. The molecule has 0 aliphatic carbocycles. The van der Waals surface area contributed by atoms with Crippen molar-refractivity contribution in [1.29, 1.82) is 0 Å². The van der Waals surface area contributed by atoms with Crippen LogP contribution in [0.25, 0.3) is 0 Å². The Morgan fingerprint density at radius 2 is 1.50 bits per heavy atom. The monoisotopic (exact) mass is 378 g/mol. The highest BCUT2D eigenvalue weighted by molar-refractivity contribution is 7.82. The highest BCUT2D eigenvalue weighted by Gasteiger charge is 2.40. The fourth-order valence-electron chi connectivity index (χ4n) is 2.53. The van der Waals surface area contributed by atoms with E-state index < -0.39 is 17.9 Å². The lowest BCUT2D eigenvalue weighted by atomic mass is 10.0. The van der Waals surface area contributed by atoms with Crippen molar-refractivity contribution in [1.82, 2.24) is 0 Å². The van der Waals surface area contributed by atoms with E-state index in [2.05, 4.69) is 13.8 Å². The molecule has 0 aromatic rings. The molecule has 24 heavy (non-hydrogen) atoms. The summed E-state index contributed by atoms with van der Waals surface area (Å²) in [6, 6.07) is 0. The number of quaternary nitrogens is 1. The Balaban J connectivity index is 5.29. The molecule has 0 radical (unpaired) electrons. The van der Waals surface area contributed by atoms with Crippen molar-refractivity contribution in [3.63, 3.8) is 0 Å². The smallest absolute Gasteiger partial charge is 0.320 e. The molecule has 0 spiro atoms. The third-order valence-corrected chi connectivity index (χ3v) is 5.44. The number of unbranched alkanes of at least 4 members (excludes halogenated alkanes) is 4. The number of methoxy groups -OCH3 is 2. The van der Waals surface area contributed by atoms with E-state index in [1.54, 1.807) is 0 Å². The van der Waals surface area contributed by atoms with Crippen molar-refractivity contribution in [2.24, 2.45) is 5.92 Å². The van der Waals surface area contributed by atoms with E-state index in [0.717, 1.165) is 51.6 Å². The maximum absolute atomic E-state index is 12.2. The molecule has 1 unspecified atom stereocenters. The van der Waals surface area contributed by atoms with Gasteiger partial charge in [-0.25, -0.2) is 3.89 Å². The van der Waals surface area contributed by atoms with Gasteiger partial charge in [0.1, 0.15) is 0 Å². The van der Waals surface area contributed by atoms with Crippen LogP contribution in [0.5, 0.6) is 0 Å². The highest BCUT2D eigenvalue weighted by Crippen LogP contribution is 2.25. The summed E-state index contributed by atoms with van der Waals surface area (Å²) in [7, 11) is 2.60. The number of rotatable bonds is 12. The Bertz CT molecular complexity index is 405. The van der Waals surface area contributed by atoms with Gasteiger partial charge in [0.15, 0.2) is 5.92 Å². The third kappa shape index (κ3) is 7.94. The first kappa shape index (κ1) is 23.3. The van der Waals surface area contributed by atoms with E-state index in [-0.39, 0.29) is 10.3 Å². The molecule has 0 aromatic heterocycles. The molecule has 140 valence electrons. The SMILES string of the molecule is CCCCC[N+](S)(CCCCC)C(=S)C(CC(=O)OC)C(=O)OC. The summed E-state index contributed by atoms with van der Waals surface area (Å²) >= 11 is 10.4. The summed E-state index contributed by atoms with van der Waals surface area (Å²) in [5.41, 5.74) is 0. The molecular weight excluding hydrogens is 346 g/mol. The molecule has 0 N–H and O–H groups in total. The van der Waals surface area contributed by atoms with Crippen LogP contribution in [0, 0.1) is 5.92 Å². The van der Waals surface area contributed by atoms with Gasteiger partial charge in [-0.3, -0.25) is 9.59 Å². The van der Waals surface area contributed by atoms with Crippen LogP contribution < -0.4 is 0 Å². The second-order valence-electron chi connectivity index (χ2n) is 5.98. The lowest BCUT2D eigenvalue weighted by molar-refractivity contribution is -0.696. The Kier molecular flexibility index (Phi) is 12.3. The number of thiocarbonyl (C=S) groups is 1. The third-order valence-electron chi connectivity index (χ3n) is 4.06. The quantitative estimate of drug-likeness (QED) is 0.184. The maximum atomic E-state index is 12.2. The zero-order valence-electron chi connectivity index (χ0n) is 15.4. The van der Waals surface area contributed by atoms with Crippen LogP contribution in [-0.4, -0.2) is 48.1 Å². The molecule has 0 rings (SSSR count). The fraction of sp³-hybridized carbons (Fsp3) is 0.824. The molecule has 7 heteroatoms. The Hall–Kier alpha value is -0.660. The van der Waals surface area contributed by atoms with Crippen LogP contribution >= 0.6 is 25.0 Å². The Morgan fingerprint density at radius 3 is 1.88 bits per heavy atom. The average molecular weight is 379 g/mol. The summed E-state index contributed by atoms with van der Waals surface area (Å²) in [6.07, 6.45) is 6.19. The van der Waals surface area contributed by atoms with Gasteiger partial charge >= 0.3 is 11.9 Å². The number of hydrogen-bond donors (Lipinski definition) is 1. The molecule has 0 bridgehead atoms. The molecule has 0 aliphatic rings. The molecular formula is C17H32NO4S2+. The van der Waals surface area contributed by atoms with Gasteiger partial charge in [-0.05, 0) is 37.9 Å². The molecule has 1 atom stereocenters. The van der Waals surface area contributed by atoms with E-state index in [4.69, 9.17) is 34.5 Å². The summed E-state index contributed by atoms with van der Waals surface area (Å²) in [4.78, 5) is 24.3. The van der Waals surface area contributed by atoms with Gasteiger partial charge in [0.2, 0.25) is 4.99 Å². The predicted molar refractivity (Wildman–Crippen MR) is 103 cm³/mol. The topological polar surface area (TPSA) is 52.6 Å². The molecule has 0 aromatic carbocycles. The molecule has 0 aliphatic heterocycles. The van der Waals surface area contributed by atoms with Crippen LogP contribution in [0.3, 0.4) is 0 Å². The van der Waals surface area contributed by atoms with Crippen molar-refractivity contribution < 1.29 is 23.0 Å². The second kappa shape index (κ2) is 12.7. The first-order valence-corrected chi connectivity index (χ1v) is 9.45. The van der Waals surface area contributed by atoms with Crippen LogP contribution in [0.4, 0.5) is 0 Å². The number of nitrogens with zero attached hydrogens (tertiary/aromatic N) is 1. The molecule has 0 saturated carbocycles. The van der Waals surface area contributed by atoms with E-state index in [1.165, 1.54) is 14.2 Å². The standard InChI is InChI=1S/C17H32NO4S2/c1-5-7-9-11-18(24,12-10-8-6-2)16(23)14(17(20)22-4)13-15(19)21-3/h14,24H,5-13H2,1-4H3/q+1. The predicted octanol–water partition coefficient (Wildman–Crippen LogP) is 3.71. The molecule has 5 nitrogen and oxygen atoms in total. The highest BCUT2D eigenvalue weighted by atomic mass is 32.1. The van der Waals surface area contributed by atoms with Crippen LogP contribution in [0.1, 0.15) is 58.8 Å². The molecule has 0 heterocycles. The summed E-state index contributed by atoms with van der Waals surface area (Å²) in [5.74, 6) is -1.79. The van der Waals surface area contributed by atoms with Crippen LogP contribution in [-0.2, 0) is 19.1 Å². The lowest BCUT2D eigenvalue weighted by Crippen LogP contribution is -2.50. The van der Waals surface area contributed by atoms with Gasteiger partial charge < -0.3 is 9.47 Å². The minimum Gasteiger partial charge on any atom is -0.469 e. The molecule has 0 fully saturated rings. The minimum absolute atomic E-state index is 0.107. The summed E-state index contributed by atoms with van der Waals surface area (Å²) in [6.45, 7) is 5.76. The number of esters is 2. The Morgan fingerprint density at radius 1 is 1.00 bits per heavy atom. The van der Waals surface area contributed by atoms with Gasteiger partial charge in [-0.2, -0.15) is 0 Å². The number of ether oxygens (including phenoxy) is 2. The average Bonchev–Trinajstić information content (AvgIpc) is 2.58. The minimum atomic E-state index is -0.807. The van der Waals surface area contributed by atoms with Gasteiger partial charge in [0.05, 0.1) is 46.5 Å².